The molecule has 0 aliphatic heterocycles. The van der Waals surface area contributed by atoms with E-state index in [1.807, 2.05) is 24.3 Å². The second-order valence-corrected chi connectivity index (χ2v) is 5.34. The van der Waals surface area contributed by atoms with Crippen LogP contribution < -0.4 is 0 Å². The molecule has 25 heavy (non-hydrogen) atoms. The van der Waals surface area contributed by atoms with Gasteiger partial charge in [0.15, 0.2) is 6.61 Å². The summed E-state index contributed by atoms with van der Waals surface area (Å²) in [7, 11) is 0. The Morgan fingerprint density at radius 2 is 1.96 bits per heavy atom. The second-order valence-electron chi connectivity index (χ2n) is 5.34. The molecule has 4 rings (SSSR count). The largest absolute Gasteiger partial charge is 0.452 e. The summed E-state index contributed by atoms with van der Waals surface area (Å²) in [6.45, 7) is -0.146. The number of benzene rings is 2. The topological polar surface area (TPSA) is 81.0 Å². The van der Waals surface area contributed by atoms with Crippen LogP contribution in [0.3, 0.4) is 0 Å². The van der Waals surface area contributed by atoms with Gasteiger partial charge in [-0.05, 0) is 30.3 Å². The second kappa shape index (κ2) is 6.20. The molecule has 0 atom stereocenters. The molecule has 0 saturated carbocycles. The van der Waals surface area contributed by atoms with Crippen LogP contribution in [-0.4, -0.2) is 21.1 Å². The van der Waals surface area contributed by atoms with Gasteiger partial charge in [0.1, 0.15) is 5.82 Å². The summed E-state index contributed by atoms with van der Waals surface area (Å²) in [6, 6.07) is 13.1. The van der Waals surface area contributed by atoms with Gasteiger partial charge in [-0.3, -0.25) is 0 Å². The summed E-state index contributed by atoms with van der Waals surface area (Å²) >= 11 is 0. The highest BCUT2D eigenvalue weighted by atomic mass is 19.1. The molecule has 2 heterocycles. The first-order valence-corrected chi connectivity index (χ1v) is 7.52. The molecule has 2 aromatic heterocycles. The minimum Gasteiger partial charge on any atom is -0.452 e. The van der Waals surface area contributed by atoms with E-state index in [4.69, 9.17) is 9.26 Å². The quantitative estimate of drug-likeness (QED) is 0.574. The van der Waals surface area contributed by atoms with Crippen molar-refractivity contribution in [2.24, 2.45) is 0 Å². The highest BCUT2D eigenvalue weighted by Gasteiger charge is 2.15. The number of nitrogens with one attached hydrogen (secondary N) is 1. The number of para-hydroxylation sites is 1. The number of carbonyl (C=O) groups excluding carboxylic acids is 1. The lowest BCUT2D eigenvalue weighted by Gasteiger charge is -2.00. The highest BCUT2D eigenvalue weighted by Crippen LogP contribution is 2.20. The first-order chi connectivity index (χ1) is 12.2. The lowest BCUT2D eigenvalue weighted by atomic mass is 10.2. The van der Waals surface area contributed by atoms with Crippen molar-refractivity contribution in [3.63, 3.8) is 0 Å². The maximum absolute atomic E-state index is 12.9. The molecule has 6 nitrogen and oxygen atoms in total. The van der Waals surface area contributed by atoms with Crippen LogP contribution in [0.25, 0.3) is 22.3 Å². The van der Waals surface area contributed by atoms with Crippen molar-refractivity contribution in [2.45, 2.75) is 6.61 Å². The predicted octanol–water partition coefficient (Wildman–Crippen LogP) is 3.71. The fourth-order valence-corrected chi connectivity index (χ4v) is 2.48. The molecular formula is C18H12FN3O3. The van der Waals surface area contributed by atoms with E-state index in [9.17, 15) is 9.18 Å². The van der Waals surface area contributed by atoms with Crippen LogP contribution in [0.1, 0.15) is 16.2 Å². The van der Waals surface area contributed by atoms with Crippen LogP contribution in [0.4, 0.5) is 4.39 Å². The van der Waals surface area contributed by atoms with Crippen molar-refractivity contribution in [1.82, 2.24) is 15.1 Å². The summed E-state index contributed by atoms with van der Waals surface area (Å²) in [5, 5.41) is 4.58. The van der Waals surface area contributed by atoms with Crippen LogP contribution in [0.2, 0.25) is 0 Å². The van der Waals surface area contributed by atoms with Gasteiger partial charge in [0.25, 0.3) is 5.89 Å². The number of ether oxygens (including phenoxy) is 1. The number of carbonyl (C=O) groups is 1. The third kappa shape index (κ3) is 2.99. The molecule has 4 aromatic rings. The Labute approximate surface area is 141 Å². The lowest BCUT2D eigenvalue weighted by Crippen LogP contribution is -2.04. The molecule has 0 unspecified atom stereocenters. The van der Waals surface area contributed by atoms with Crippen LogP contribution in [-0.2, 0) is 11.3 Å². The molecule has 2 aromatic carbocycles. The maximum Gasteiger partial charge on any atom is 0.340 e. The Hall–Kier alpha value is -3.48. The van der Waals surface area contributed by atoms with Gasteiger partial charge < -0.3 is 14.2 Å². The van der Waals surface area contributed by atoms with Gasteiger partial charge >= 0.3 is 5.97 Å². The molecule has 0 aliphatic carbocycles. The number of hydrogen-bond acceptors (Lipinski definition) is 5. The summed E-state index contributed by atoms with van der Waals surface area (Å²) in [5.41, 5.74) is 1.90. The third-order valence-corrected chi connectivity index (χ3v) is 3.71. The molecule has 0 aliphatic rings. The fourth-order valence-electron chi connectivity index (χ4n) is 2.48. The van der Waals surface area contributed by atoms with E-state index in [-0.39, 0.29) is 18.3 Å². The molecule has 1 N–H and O–H groups in total. The minimum atomic E-state index is -0.487. The third-order valence-electron chi connectivity index (χ3n) is 3.71. The van der Waals surface area contributed by atoms with Gasteiger partial charge in [0.05, 0.1) is 5.56 Å². The van der Waals surface area contributed by atoms with Crippen molar-refractivity contribution in [2.75, 3.05) is 0 Å². The number of esters is 1. The van der Waals surface area contributed by atoms with Crippen LogP contribution in [0.15, 0.2) is 59.3 Å². The average molecular weight is 337 g/mol. The normalized spacial score (nSPS) is 10.9. The Bertz CT molecular complexity index is 1040. The molecule has 0 bridgehead atoms. The molecule has 0 saturated heterocycles. The average Bonchev–Trinajstić information content (AvgIpc) is 3.27. The van der Waals surface area contributed by atoms with Crippen LogP contribution >= 0.6 is 0 Å². The number of hydrogen-bond donors (Lipinski definition) is 1. The van der Waals surface area contributed by atoms with E-state index < -0.39 is 5.97 Å². The van der Waals surface area contributed by atoms with Crippen molar-refractivity contribution in [3.8, 4) is 11.4 Å². The summed E-state index contributed by atoms with van der Waals surface area (Å²) < 4.78 is 23.2. The molecule has 0 spiro atoms. The Morgan fingerprint density at radius 1 is 1.16 bits per heavy atom. The summed E-state index contributed by atoms with van der Waals surface area (Å²) in [5.74, 6) is -0.371. The van der Waals surface area contributed by atoms with Crippen molar-refractivity contribution in [1.29, 1.82) is 0 Å². The zero-order valence-corrected chi connectivity index (χ0v) is 12.9. The monoisotopic (exact) mass is 337 g/mol. The zero-order chi connectivity index (χ0) is 17.2. The van der Waals surface area contributed by atoms with Crippen molar-refractivity contribution < 1.29 is 18.4 Å². The summed E-state index contributed by atoms with van der Waals surface area (Å²) in [4.78, 5) is 19.4. The van der Waals surface area contributed by atoms with E-state index in [0.717, 1.165) is 10.9 Å². The van der Waals surface area contributed by atoms with Crippen molar-refractivity contribution >= 4 is 16.9 Å². The van der Waals surface area contributed by atoms with E-state index in [1.54, 1.807) is 18.3 Å². The number of nitrogens with zero attached hydrogens (tertiary/aromatic N) is 2. The Kier molecular flexibility index (Phi) is 3.74. The number of H-pyrrole nitrogens is 1. The smallest absolute Gasteiger partial charge is 0.340 e. The van der Waals surface area contributed by atoms with Gasteiger partial charge in [-0.2, -0.15) is 4.98 Å². The molecule has 0 radical (unpaired) electrons. The fraction of sp³-hybridized carbons (Fsp3) is 0.0556. The van der Waals surface area contributed by atoms with Gasteiger partial charge in [-0.25, -0.2) is 9.18 Å². The predicted molar refractivity (Wildman–Crippen MR) is 87.1 cm³/mol. The first kappa shape index (κ1) is 15.1. The van der Waals surface area contributed by atoms with E-state index in [1.165, 1.54) is 12.1 Å². The van der Waals surface area contributed by atoms with E-state index in [0.29, 0.717) is 17.0 Å². The maximum atomic E-state index is 12.9. The number of fused-ring (bicyclic) bond motifs is 1. The van der Waals surface area contributed by atoms with Crippen LogP contribution in [0, 0.1) is 5.82 Å². The zero-order valence-electron chi connectivity index (χ0n) is 12.9. The molecule has 0 fully saturated rings. The SMILES string of the molecule is O=C(OCc1nc(-c2ccc(F)cc2)no1)c1c[nH]c2ccccc12. The number of aromatic nitrogens is 3. The standard InChI is InChI=1S/C18H12FN3O3/c19-12-7-5-11(6-8-12)17-21-16(25-22-17)10-24-18(23)14-9-20-15-4-2-1-3-13(14)15/h1-9,20H,10H2. The summed E-state index contributed by atoms with van der Waals surface area (Å²) in [6.07, 6.45) is 1.60. The molecule has 7 heteroatoms. The lowest BCUT2D eigenvalue weighted by molar-refractivity contribution is 0.0432. The number of aromatic amines is 1. The molecule has 0 amide bonds. The molecular weight excluding hydrogens is 325 g/mol. The van der Waals surface area contributed by atoms with Crippen molar-refractivity contribution in [3.05, 3.63) is 72.0 Å². The number of halogens is 1. The first-order valence-electron chi connectivity index (χ1n) is 7.52. The highest BCUT2D eigenvalue weighted by molar-refractivity contribution is 6.03. The molecule has 124 valence electrons. The Morgan fingerprint density at radius 3 is 2.80 bits per heavy atom. The Balaban J connectivity index is 1.46. The van der Waals surface area contributed by atoms with E-state index in [2.05, 4.69) is 15.1 Å². The minimum absolute atomic E-state index is 0.146. The number of rotatable bonds is 4. The van der Waals surface area contributed by atoms with Gasteiger partial charge in [0, 0.05) is 22.7 Å². The van der Waals surface area contributed by atoms with Gasteiger partial charge in [-0.15, -0.1) is 0 Å². The van der Waals surface area contributed by atoms with Gasteiger partial charge in [0.2, 0.25) is 5.82 Å². The van der Waals surface area contributed by atoms with Gasteiger partial charge in [-0.1, -0.05) is 23.4 Å². The van der Waals surface area contributed by atoms with Crippen LogP contribution in [0.5, 0.6) is 0 Å². The van der Waals surface area contributed by atoms with E-state index >= 15 is 0 Å².